The zero-order chi connectivity index (χ0) is 14.0. The highest BCUT2D eigenvalue weighted by atomic mass is 79.9. The van der Waals surface area contributed by atoms with Gasteiger partial charge in [-0.05, 0) is 51.5 Å². The number of halogens is 1. The van der Waals surface area contributed by atoms with Crippen molar-refractivity contribution >= 4 is 39.1 Å². The lowest BCUT2D eigenvalue weighted by Crippen LogP contribution is -2.21. The summed E-state index contributed by atoms with van der Waals surface area (Å²) in [5, 5.41) is 11.3. The molecule has 0 atom stereocenters. The highest BCUT2D eigenvalue weighted by Crippen LogP contribution is 2.25. The molecular formula is C13H13BrN2O2S. The van der Waals surface area contributed by atoms with Crippen LogP contribution in [0.4, 0.5) is 5.82 Å². The molecule has 0 bridgehead atoms. The highest BCUT2D eigenvalue weighted by molar-refractivity contribution is 9.11. The SMILES string of the molecule is Cc1ccnc(N(C)Cc2csc(Br)c2)c1C(=O)O. The molecule has 0 spiro atoms. The zero-order valence-corrected chi connectivity index (χ0v) is 13.0. The number of thiophene rings is 1. The van der Waals surface area contributed by atoms with Crippen molar-refractivity contribution in [3.8, 4) is 0 Å². The van der Waals surface area contributed by atoms with E-state index in [4.69, 9.17) is 0 Å². The Balaban J connectivity index is 2.31. The molecular weight excluding hydrogens is 328 g/mol. The monoisotopic (exact) mass is 340 g/mol. The Morgan fingerprint density at radius 1 is 1.58 bits per heavy atom. The fourth-order valence-electron chi connectivity index (χ4n) is 1.88. The van der Waals surface area contributed by atoms with E-state index >= 15 is 0 Å². The molecule has 0 unspecified atom stereocenters. The normalized spacial score (nSPS) is 10.5. The van der Waals surface area contributed by atoms with E-state index in [2.05, 4.69) is 20.9 Å². The molecule has 0 aliphatic heterocycles. The molecule has 2 heterocycles. The Morgan fingerprint density at radius 3 is 2.89 bits per heavy atom. The van der Waals surface area contributed by atoms with E-state index in [1.807, 2.05) is 23.4 Å². The molecule has 1 N–H and O–H groups in total. The summed E-state index contributed by atoms with van der Waals surface area (Å²) in [7, 11) is 1.85. The third kappa shape index (κ3) is 3.13. The number of carboxylic acid groups (broad SMARTS) is 1. The minimum Gasteiger partial charge on any atom is -0.478 e. The Kier molecular flexibility index (Phi) is 4.21. The average Bonchev–Trinajstić information content (AvgIpc) is 2.73. The summed E-state index contributed by atoms with van der Waals surface area (Å²) in [6, 6.07) is 3.74. The maximum atomic E-state index is 11.3. The van der Waals surface area contributed by atoms with Gasteiger partial charge < -0.3 is 10.0 Å². The summed E-state index contributed by atoms with van der Waals surface area (Å²) < 4.78 is 1.06. The van der Waals surface area contributed by atoms with Crippen LogP contribution in [-0.2, 0) is 6.54 Å². The van der Waals surface area contributed by atoms with Crippen LogP contribution in [0.5, 0.6) is 0 Å². The first-order valence-corrected chi connectivity index (χ1v) is 7.29. The van der Waals surface area contributed by atoms with E-state index in [0.717, 1.165) is 14.9 Å². The molecule has 0 aromatic carbocycles. The predicted molar refractivity (Wildman–Crippen MR) is 80.1 cm³/mol. The van der Waals surface area contributed by atoms with Gasteiger partial charge in [0.15, 0.2) is 0 Å². The molecule has 6 heteroatoms. The molecule has 0 amide bonds. The zero-order valence-electron chi connectivity index (χ0n) is 10.6. The fourth-order valence-corrected chi connectivity index (χ4v) is 3.08. The first kappa shape index (κ1) is 14.0. The van der Waals surface area contributed by atoms with Crippen LogP contribution in [0.3, 0.4) is 0 Å². The number of carbonyl (C=O) groups is 1. The van der Waals surface area contributed by atoms with E-state index in [0.29, 0.717) is 12.4 Å². The van der Waals surface area contributed by atoms with Crippen molar-refractivity contribution in [1.29, 1.82) is 0 Å². The van der Waals surface area contributed by atoms with Crippen LogP contribution in [-0.4, -0.2) is 23.1 Å². The summed E-state index contributed by atoms with van der Waals surface area (Å²) in [6.07, 6.45) is 1.64. The minimum atomic E-state index is -0.945. The highest BCUT2D eigenvalue weighted by Gasteiger charge is 2.17. The second-order valence-electron chi connectivity index (χ2n) is 4.25. The predicted octanol–water partition coefficient (Wildman–Crippen LogP) is 3.55. The molecule has 2 rings (SSSR count). The lowest BCUT2D eigenvalue weighted by Gasteiger charge is -2.20. The van der Waals surface area contributed by atoms with Crippen LogP contribution >= 0.6 is 27.3 Å². The van der Waals surface area contributed by atoms with E-state index < -0.39 is 5.97 Å². The maximum Gasteiger partial charge on any atom is 0.339 e. The Bertz CT molecular complexity index is 612. The third-order valence-corrected chi connectivity index (χ3v) is 4.31. The molecule has 0 saturated heterocycles. The smallest absolute Gasteiger partial charge is 0.339 e. The van der Waals surface area contributed by atoms with Crippen molar-refractivity contribution in [1.82, 2.24) is 4.98 Å². The van der Waals surface area contributed by atoms with Crippen molar-refractivity contribution in [3.63, 3.8) is 0 Å². The van der Waals surface area contributed by atoms with Crippen LogP contribution in [0.1, 0.15) is 21.5 Å². The molecule has 0 aliphatic carbocycles. The van der Waals surface area contributed by atoms with Gasteiger partial charge in [-0.1, -0.05) is 0 Å². The molecule has 2 aromatic heterocycles. The molecule has 0 radical (unpaired) electrons. The van der Waals surface area contributed by atoms with Crippen LogP contribution in [0, 0.1) is 6.92 Å². The Morgan fingerprint density at radius 2 is 2.32 bits per heavy atom. The Labute approximate surface area is 123 Å². The van der Waals surface area contributed by atoms with Crippen LogP contribution in [0.2, 0.25) is 0 Å². The van der Waals surface area contributed by atoms with E-state index in [1.54, 1.807) is 30.5 Å². The molecule has 0 aliphatic rings. The van der Waals surface area contributed by atoms with Crippen molar-refractivity contribution in [3.05, 3.63) is 44.2 Å². The van der Waals surface area contributed by atoms with E-state index in [1.165, 1.54) is 0 Å². The quantitative estimate of drug-likeness (QED) is 0.924. The summed E-state index contributed by atoms with van der Waals surface area (Å²) in [5.41, 5.74) is 2.11. The minimum absolute atomic E-state index is 0.263. The van der Waals surface area contributed by atoms with Gasteiger partial charge >= 0.3 is 5.97 Å². The number of carboxylic acids is 1. The third-order valence-electron chi connectivity index (χ3n) is 2.76. The van der Waals surface area contributed by atoms with Gasteiger partial charge in [-0.25, -0.2) is 9.78 Å². The first-order valence-electron chi connectivity index (χ1n) is 5.62. The van der Waals surface area contributed by atoms with Crippen molar-refractivity contribution in [2.75, 3.05) is 11.9 Å². The van der Waals surface area contributed by atoms with Gasteiger partial charge in [0.2, 0.25) is 0 Å². The largest absolute Gasteiger partial charge is 0.478 e. The van der Waals surface area contributed by atoms with Gasteiger partial charge in [-0.15, -0.1) is 11.3 Å². The van der Waals surface area contributed by atoms with Crippen LogP contribution < -0.4 is 4.90 Å². The molecule has 4 nitrogen and oxygen atoms in total. The first-order chi connectivity index (χ1) is 8.99. The number of aromatic carboxylic acids is 1. The standard InChI is InChI=1S/C13H13BrN2O2S/c1-8-3-4-15-12(11(8)13(17)18)16(2)6-9-5-10(14)19-7-9/h3-5,7H,6H2,1-2H3,(H,17,18). The van der Waals surface area contributed by atoms with Crippen LogP contribution in [0.25, 0.3) is 0 Å². The number of aryl methyl sites for hydroxylation is 1. The Hall–Kier alpha value is -1.40. The summed E-state index contributed by atoms with van der Waals surface area (Å²) in [5.74, 6) is -0.450. The number of hydrogen-bond donors (Lipinski definition) is 1. The second kappa shape index (κ2) is 5.71. The van der Waals surface area contributed by atoms with Gasteiger partial charge in [-0.3, -0.25) is 0 Å². The molecule has 100 valence electrons. The number of pyridine rings is 1. The average molecular weight is 341 g/mol. The maximum absolute atomic E-state index is 11.3. The van der Waals surface area contributed by atoms with E-state index in [9.17, 15) is 9.90 Å². The lowest BCUT2D eigenvalue weighted by atomic mass is 10.1. The van der Waals surface area contributed by atoms with Gasteiger partial charge in [0.1, 0.15) is 11.4 Å². The molecule has 19 heavy (non-hydrogen) atoms. The lowest BCUT2D eigenvalue weighted by molar-refractivity contribution is 0.0696. The van der Waals surface area contributed by atoms with Gasteiger partial charge in [0.05, 0.1) is 3.79 Å². The number of rotatable bonds is 4. The van der Waals surface area contributed by atoms with Crippen molar-refractivity contribution in [2.24, 2.45) is 0 Å². The fraction of sp³-hybridized carbons (Fsp3) is 0.231. The molecule has 0 fully saturated rings. The number of nitrogens with zero attached hydrogens (tertiary/aromatic N) is 2. The topological polar surface area (TPSA) is 53.4 Å². The summed E-state index contributed by atoms with van der Waals surface area (Å²) in [4.78, 5) is 17.4. The van der Waals surface area contributed by atoms with Gasteiger partial charge in [-0.2, -0.15) is 0 Å². The summed E-state index contributed by atoms with van der Waals surface area (Å²) >= 11 is 5.03. The number of anilines is 1. The summed E-state index contributed by atoms with van der Waals surface area (Å²) in [6.45, 7) is 2.41. The van der Waals surface area contributed by atoms with E-state index in [-0.39, 0.29) is 5.56 Å². The molecule has 0 saturated carbocycles. The second-order valence-corrected chi connectivity index (χ2v) is 6.54. The van der Waals surface area contributed by atoms with Gasteiger partial charge in [0.25, 0.3) is 0 Å². The number of hydrogen-bond acceptors (Lipinski definition) is 4. The van der Waals surface area contributed by atoms with Crippen LogP contribution in [0.15, 0.2) is 27.5 Å². The van der Waals surface area contributed by atoms with Gasteiger partial charge in [0, 0.05) is 19.8 Å². The van der Waals surface area contributed by atoms with Crippen molar-refractivity contribution < 1.29 is 9.90 Å². The number of aromatic nitrogens is 1. The van der Waals surface area contributed by atoms with Crippen molar-refractivity contribution in [2.45, 2.75) is 13.5 Å². The molecule has 2 aromatic rings.